The largest absolute Gasteiger partial charge is 0.335 e. The highest BCUT2D eigenvalue weighted by atomic mass is 32.2. The summed E-state index contributed by atoms with van der Waals surface area (Å²) in [5, 5.41) is 4.78. The average molecular weight is 443 g/mol. The molecule has 10 heteroatoms. The van der Waals surface area contributed by atoms with Crippen LogP contribution in [0.3, 0.4) is 0 Å². The van der Waals surface area contributed by atoms with Gasteiger partial charge in [-0.1, -0.05) is 18.2 Å². The molecule has 158 valence electrons. The SMILES string of the molecule is Cc1c2c(nn1-c1ccc(-c3nc4ncncc4[nH]3)cc1)-c1ccccc1S(=O)(=O)N2C. The quantitative estimate of drug-likeness (QED) is 0.448. The molecule has 0 saturated heterocycles. The molecule has 0 aliphatic carbocycles. The number of sulfonamides is 1. The third kappa shape index (κ3) is 2.53. The summed E-state index contributed by atoms with van der Waals surface area (Å²) in [5.74, 6) is 0.697. The Morgan fingerprint density at radius 3 is 2.59 bits per heavy atom. The lowest BCUT2D eigenvalue weighted by Crippen LogP contribution is -2.30. The van der Waals surface area contributed by atoms with Crippen molar-refractivity contribution in [2.24, 2.45) is 0 Å². The van der Waals surface area contributed by atoms with E-state index in [-0.39, 0.29) is 4.90 Å². The second-order valence-corrected chi connectivity index (χ2v) is 9.49. The maximum Gasteiger partial charge on any atom is 0.264 e. The lowest BCUT2D eigenvalue weighted by molar-refractivity contribution is 0.594. The molecule has 1 N–H and O–H groups in total. The summed E-state index contributed by atoms with van der Waals surface area (Å²) in [6.07, 6.45) is 3.15. The number of nitrogens with one attached hydrogen (secondary N) is 1. The van der Waals surface area contributed by atoms with Crippen LogP contribution in [0.2, 0.25) is 0 Å². The van der Waals surface area contributed by atoms with Crippen molar-refractivity contribution in [2.45, 2.75) is 11.8 Å². The van der Waals surface area contributed by atoms with Crippen LogP contribution in [-0.4, -0.2) is 45.2 Å². The van der Waals surface area contributed by atoms with Crippen molar-refractivity contribution in [2.75, 3.05) is 11.4 Å². The number of imidazole rings is 1. The van der Waals surface area contributed by atoms with Crippen LogP contribution in [-0.2, 0) is 10.0 Å². The summed E-state index contributed by atoms with van der Waals surface area (Å²) < 4.78 is 29.1. The zero-order valence-corrected chi connectivity index (χ0v) is 18.0. The molecule has 1 aliphatic rings. The minimum absolute atomic E-state index is 0.267. The van der Waals surface area contributed by atoms with E-state index in [2.05, 4.69) is 19.9 Å². The number of rotatable bonds is 2. The van der Waals surface area contributed by atoms with Crippen molar-refractivity contribution in [3.63, 3.8) is 0 Å². The number of aromatic nitrogens is 6. The number of nitrogens with zero attached hydrogens (tertiary/aromatic N) is 6. The van der Waals surface area contributed by atoms with Crippen molar-refractivity contribution < 1.29 is 8.42 Å². The van der Waals surface area contributed by atoms with Crippen LogP contribution in [0.5, 0.6) is 0 Å². The van der Waals surface area contributed by atoms with Crippen molar-refractivity contribution in [3.05, 3.63) is 66.7 Å². The van der Waals surface area contributed by atoms with Crippen LogP contribution >= 0.6 is 0 Å². The Balaban J connectivity index is 1.46. The number of hydrogen-bond acceptors (Lipinski definition) is 6. The van der Waals surface area contributed by atoms with E-state index in [4.69, 9.17) is 5.10 Å². The van der Waals surface area contributed by atoms with Crippen LogP contribution in [0, 0.1) is 6.92 Å². The molecule has 4 heterocycles. The predicted octanol–water partition coefficient (Wildman–Crippen LogP) is 3.32. The summed E-state index contributed by atoms with van der Waals surface area (Å²) in [6.45, 7) is 1.87. The fourth-order valence-corrected chi connectivity index (χ4v) is 5.56. The zero-order chi connectivity index (χ0) is 22.0. The fourth-order valence-electron chi connectivity index (χ4n) is 4.12. The summed E-state index contributed by atoms with van der Waals surface area (Å²) in [4.78, 5) is 16.2. The molecule has 0 saturated carbocycles. The average Bonchev–Trinajstić information content (AvgIpc) is 3.39. The zero-order valence-electron chi connectivity index (χ0n) is 17.2. The highest BCUT2D eigenvalue weighted by molar-refractivity contribution is 7.93. The van der Waals surface area contributed by atoms with Gasteiger partial charge in [0.1, 0.15) is 29.0 Å². The van der Waals surface area contributed by atoms with E-state index >= 15 is 0 Å². The molecule has 0 fully saturated rings. The molecular formula is C22H17N7O2S. The van der Waals surface area contributed by atoms with E-state index in [1.807, 2.05) is 37.3 Å². The van der Waals surface area contributed by atoms with Gasteiger partial charge >= 0.3 is 0 Å². The van der Waals surface area contributed by atoms with E-state index in [9.17, 15) is 8.42 Å². The van der Waals surface area contributed by atoms with E-state index in [1.54, 1.807) is 36.1 Å². The molecule has 5 aromatic rings. The van der Waals surface area contributed by atoms with Crippen molar-refractivity contribution >= 4 is 26.9 Å². The van der Waals surface area contributed by atoms with Gasteiger partial charge in [-0.05, 0) is 37.3 Å². The second-order valence-electron chi connectivity index (χ2n) is 7.56. The molecule has 9 nitrogen and oxygen atoms in total. The van der Waals surface area contributed by atoms with E-state index in [0.717, 1.165) is 22.5 Å². The van der Waals surface area contributed by atoms with Gasteiger partial charge in [0.25, 0.3) is 10.0 Å². The standard InChI is InChI=1S/C22H17N7O2S/c1-13-20-19(16-5-3-4-6-18(16)32(30,31)28(20)2)27-29(13)15-9-7-14(8-10-15)21-25-17-11-23-12-24-22(17)26-21/h3-12H,1-2H3,(H,23,24,25,26). The smallest absolute Gasteiger partial charge is 0.264 e. The van der Waals surface area contributed by atoms with Gasteiger partial charge in [-0.2, -0.15) is 5.10 Å². The molecule has 0 spiro atoms. The Hall–Kier alpha value is -4.05. The lowest BCUT2D eigenvalue weighted by Gasteiger charge is -2.26. The summed E-state index contributed by atoms with van der Waals surface area (Å²) in [5.41, 5.74) is 5.68. The molecule has 3 aromatic heterocycles. The van der Waals surface area contributed by atoms with Crippen molar-refractivity contribution in [3.8, 4) is 28.3 Å². The minimum atomic E-state index is -3.62. The van der Waals surface area contributed by atoms with Crippen LogP contribution in [0.25, 0.3) is 39.5 Å². The first kappa shape index (κ1) is 18.7. The normalized spacial score (nSPS) is 14.4. The molecule has 2 aromatic carbocycles. The Morgan fingerprint density at radius 2 is 1.81 bits per heavy atom. The van der Waals surface area contributed by atoms with Gasteiger partial charge in [-0.15, -0.1) is 0 Å². The van der Waals surface area contributed by atoms with Gasteiger partial charge in [0.05, 0.1) is 22.5 Å². The highest BCUT2D eigenvalue weighted by Crippen LogP contribution is 2.43. The molecule has 0 unspecified atom stereocenters. The van der Waals surface area contributed by atoms with Crippen LogP contribution in [0.1, 0.15) is 5.69 Å². The number of hydrogen-bond donors (Lipinski definition) is 1. The Kier molecular flexibility index (Phi) is 3.78. The topological polar surface area (TPSA) is 110 Å². The van der Waals surface area contributed by atoms with E-state index < -0.39 is 10.0 Å². The van der Waals surface area contributed by atoms with Gasteiger partial charge in [0, 0.05) is 18.2 Å². The van der Waals surface area contributed by atoms with Crippen LogP contribution in [0.15, 0.2) is 66.0 Å². The molecule has 0 radical (unpaired) electrons. The number of benzene rings is 2. The molecular weight excluding hydrogens is 426 g/mol. The first-order valence-corrected chi connectivity index (χ1v) is 11.3. The third-order valence-corrected chi connectivity index (χ3v) is 7.54. The fraction of sp³-hybridized carbons (Fsp3) is 0.0909. The maximum absolute atomic E-state index is 13.0. The van der Waals surface area contributed by atoms with E-state index in [0.29, 0.717) is 28.4 Å². The number of H-pyrrole nitrogens is 1. The Morgan fingerprint density at radius 1 is 1.03 bits per heavy atom. The minimum Gasteiger partial charge on any atom is -0.335 e. The number of fused-ring (bicyclic) bond motifs is 4. The summed E-state index contributed by atoms with van der Waals surface area (Å²) in [6, 6.07) is 14.7. The first-order chi connectivity index (χ1) is 15.4. The Bertz CT molecular complexity index is 1590. The van der Waals surface area contributed by atoms with Crippen molar-refractivity contribution in [1.29, 1.82) is 0 Å². The van der Waals surface area contributed by atoms with Crippen LogP contribution in [0.4, 0.5) is 5.69 Å². The third-order valence-electron chi connectivity index (χ3n) is 5.73. The maximum atomic E-state index is 13.0. The molecule has 1 aliphatic heterocycles. The summed E-state index contributed by atoms with van der Waals surface area (Å²) >= 11 is 0. The molecule has 6 rings (SSSR count). The predicted molar refractivity (Wildman–Crippen MR) is 120 cm³/mol. The van der Waals surface area contributed by atoms with Gasteiger partial charge in [-0.3, -0.25) is 4.31 Å². The summed E-state index contributed by atoms with van der Waals surface area (Å²) in [7, 11) is -2.06. The van der Waals surface area contributed by atoms with Crippen molar-refractivity contribution in [1.82, 2.24) is 29.7 Å². The number of aromatic amines is 1. The highest BCUT2D eigenvalue weighted by Gasteiger charge is 2.36. The monoisotopic (exact) mass is 443 g/mol. The number of anilines is 1. The molecule has 0 bridgehead atoms. The Labute approximate surface area is 183 Å². The van der Waals surface area contributed by atoms with Gasteiger partial charge in [-0.25, -0.2) is 28.1 Å². The van der Waals surface area contributed by atoms with Gasteiger partial charge in [0.2, 0.25) is 0 Å². The van der Waals surface area contributed by atoms with Gasteiger partial charge in [0.15, 0.2) is 5.65 Å². The molecule has 32 heavy (non-hydrogen) atoms. The molecule has 0 atom stereocenters. The lowest BCUT2D eigenvalue weighted by atomic mass is 10.1. The van der Waals surface area contributed by atoms with Gasteiger partial charge < -0.3 is 4.98 Å². The second kappa shape index (κ2) is 6.47. The van der Waals surface area contributed by atoms with Crippen LogP contribution < -0.4 is 4.31 Å². The van der Waals surface area contributed by atoms with E-state index in [1.165, 1.54) is 10.6 Å². The molecule has 0 amide bonds. The first-order valence-electron chi connectivity index (χ1n) is 9.89.